The largest absolute Gasteiger partial charge is 0.378 e. The summed E-state index contributed by atoms with van der Waals surface area (Å²) in [7, 11) is 0. The molecule has 174 valence electrons. The molecule has 1 fully saturated rings. The Morgan fingerprint density at radius 3 is 2.24 bits per heavy atom. The second kappa shape index (κ2) is 9.77. The molecular weight excluding hydrogens is 434 g/mol. The van der Waals surface area contributed by atoms with Crippen LogP contribution in [0.3, 0.4) is 0 Å². The summed E-state index contributed by atoms with van der Waals surface area (Å²) in [6.07, 6.45) is 2.37. The highest BCUT2D eigenvalue weighted by Crippen LogP contribution is 2.35. The van der Waals surface area contributed by atoms with E-state index in [9.17, 15) is 13.6 Å². The van der Waals surface area contributed by atoms with Gasteiger partial charge in [-0.3, -0.25) is 4.79 Å². The molecule has 1 saturated heterocycles. The Labute approximate surface area is 197 Å². The third-order valence-electron chi connectivity index (χ3n) is 6.48. The molecule has 1 atom stereocenters. The number of morpholine rings is 1. The molecule has 1 amide bonds. The Balaban J connectivity index is 1.55. The van der Waals surface area contributed by atoms with Crippen LogP contribution in [-0.2, 0) is 16.1 Å². The number of aromatic nitrogens is 1. The maximum absolute atomic E-state index is 13.7. The van der Waals surface area contributed by atoms with Crippen LogP contribution in [0.2, 0.25) is 0 Å². The topological polar surface area (TPSA) is 34.5 Å². The molecule has 34 heavy (non-hydrogen) atoms. The van der Waals surface area contributed by atoms with Crippen molar-refractivity contribution >= 4 is 16.8 Å². The molecule has 1 aliphatic heterocycles. The van der Waals surface area contributed by atoms with Gasteiger partial charge in [0.2, 0.25) is 5.91 Å². The molecule has 0 unspecified atom stereocenters. The normalized spacial score (nSPS) is 14.9. The van der Waals surface area contributed by atoms with Gasteiger partial charge in [-0.25, -0.2) is 8.78 Å². The lowest BCUT2D eigenvalue weighted by Gasteiger charge is -2.28. The highest BCUT2D eigenvalue weighted by molar-refractivity contribution is 5.87. The van der Waals surface area contributed by atoms with Gasteiger partial charge in [0.1, 0.15) is 11.6 Å². The quantitative estimate of drug-likeness (QED) is 0.389. The third kappa shape index (κ3) is 4.73. The van der Waals surface area contributed by atoms with Crippen LogP contribution in [0.15, 0.2) is 79.0 Å². The Morgan fingerprint density at radius 1 is 0.882 bits per heavy atom. The van der Waals surface area contributed by atoms with E-state index in [-0.39, 0.29) is 29.9 Å². The van der Waals surface area contributed by atoms with Crippen molar-refractivity contribution in [1.82, 2.24) is 9.47 Å². The fourth-order valence-corrected chi connectivity index (χ4v) is 4.69. The van der Waals surface area contributed by atoms with E-state index in [1.54, 1.807) is 24.3 Å². The molecule has 0 bridgehead atoms. The van der Waals surface area contributed by atoms with Crippen LogP contribution < -0.4 is 0 Å². The van der Waals surface area contributed by atoms with Crippen LogP contribution in [0.4, 0.5) is 8.78 Å². The van der Waals surface area contributed by atoms with Crippen molar-refractivity contribution in [3.8, 4) is 0 Å². The number of halogens is 2. The number of amides is 1. The number of fused-ring (bicyclic) bond motifs is 1. The van der Waals surface area contributed by atoms with E-state index in [2.05, 4.69) is 16.8 Å². The molecule has 6 heteroatoms. The first-order valence-electron chi connectivity index (χ1n) is 11.5. The zero-order chi connectivity index (χ0) is 23.5. The Kier molecular flexibility index (Phi) is 6.41. The van der Waals surface area contributed by atoms with Gasteiger partial charge in [-0.15, -0.1) is 0 Å². The molecule has 0 saturated carbocycles. The number of carbonyl (C=O) groups is 1. The van der Waals surface area contributed by atoms with E-state index in [1.165, 1.54) is 24.3 Å². The molecule has 1 aliphatic rings. The Morgan fingerprint density at radius 2 is 1.53 bits per heavy atom. The second-order valence-electron chi connectivity index (χ2n) is 8.66. The summed E-state index contributed by atoms with van der Waals surface area (Å²) < 4.78 is 34.6. The number of benzene rings is 3. The SMILES string of the molecule is O=C(C[C@@H](c1ccc(F)cc1)c1cn(Cc2ccc(F)cc2)c2ccccc12)N1CCOCC1. The van der Waals surface area contributed by atoms with E-state index >= 15 is 0 Å². The van der Waals surface area contributed by atoms with Crippen molar-refractivity contribution in [2.45, 2.75) is 18.9 Å². The van der Waals surface area contributed by atoms with Crippen molar-refractivity contribution in [2.75, 3.05) is 26.3 Å². The molecule has 2 heterocycles. The van der Waals surface area contributed by atoms with E-state index in [0.29, 0.717) is 32.8 Å². The summed E-state index contributed by atoms with van der Waals surface area (Å²) in [6, 6.07) is 21.0. The van der Waals surface area contributed by atoms with Crippen LogP contribution in [0, 0.1) is 11.6 Å². The number of hydrogen-bond donors (Lipinski definition) is 0. The van der Waals surface area contributed by atoms with E-state index in [0.717, 1.165) is 27.6 Å². The van der Waals surface area contributed by atoms with Crippen molar-refractivity contribution in [3.63, 3.8) is 0 Å². The average molecular weight is 461 g/mol. The first-order chi connectivity index (χ1) is 16.6. The molecule has 0 radical (unpaired) electrons. The standard InChI is InChI=1S/C28H26F2N2O2/c29-22-9-5-20(6-10-22)18-32-19-26(24-3-1-2-4-27(24)32)25(21-7-11-23(30)12-8-21)17-28(33)31-13-15-34-16-14-31/h1-12,19,25H,13-18H2/t25-/m0/s1. The summed E-state index contributed by atoms with van der Waals surface area (Å²) in [5.74, 6) is -0.733. The summed E-state index contributed by atoms with van der Waals surface area (Å²) in [5.41, 5.74) is 3.93. The van der Waals surface area contributed by atoms with Gasteiger partial charge in [0.05, 0.1) is 13.2 Å². The number of nitrogens with zero attached hydrogens (tertiary/aromatic N) is 2. The van der Waals surface area contributed by atoms with Crippen LogP contribution in [0.5, 0.6) is 0 Å². The molecule has 0 spiro atoms. The summed E-state index contributed by atoms with van der Waals surface area (Å²) in [4.78, 5) is 15.1. The van der Waals surface area contributed by atoms with Gasteiger partial charge in [-0.05, 0) is 47.0 Å². The fourth-order valence-electron chi connectivity index (χ4n) is 4.69. The molecular formula is C28H26F2N2O2. The highest BCUT2D eigenvalue weighted by Gasteiger charge is 2.26. The molecule has 4 nitrogen and oxygen atoms in total. The van der Waals surface area contributed by atoms with Crippen molar-refractivity contribution in [3.05, 3.63) is 107 Å². The molecule has 3 aromatic carbocycles. The van der Waals surface area contributed by atoms with Crippen LogP contribution >= 0.6 is 0 Å². The van der Waals surface area contributed by atoms with Crippen molar-refractivity contribution in [2.24, 2.45) is 0 Å². The van der Waals surface area contributed by atoms with Crippen molar-refractivity contribution < 1.29 is 18.3 Å². The minimum absolute atomic E-state index is 0.0630. The predicted molar refractivity (Wildman–Crippen MR) is 128 cm³/mol. The first kappa shape index (κ1) is 22.3. The minimum Gasteiger partial charge on any atom is -0.378 e. The first-order valence-corrected chi connectivity index (χ1v) is 11.5. The number of para-hydroxylation sites is 1. The lowest BCUT2D eigenvalue weighted by atomic mass is 9.87. The number of rotatable bonds is 6. The van der Waals surface area contributed by atoms with Crippen LogP contribution in [-0.4, -0.2) is 41.7 Å². The van der Waals surface area contributed by atoms with E-state index in [4.69, 9.17) is 4.74 Å². The highest BCUT2D eigenvalue weighted by atomic mass is 19.1. The number of ether oxygens (including phenoxy) is 1. The zero-order valence-corrected chi connectivity index (χ0v) is 18.8. The maximum atomic E-state index is 13.7. The van der Waals surface area contributed by atoms with E-state index in [1.807, 2.05) is 23.1 Å². The Bertz CT molecular complexity index is 1280. The second-order valence-corrected chi connectivity index (χ2v) is 8.66. The summed E-state index contributed by atoms with van der Waals surface area (Å²) in [5, 5.41) is 1.05. The molecule has 4 aromatic rings. The summed E-state index contributed by atoms with van der Waals surface area (Å²) >= 11 is 0. The smallest absolute Gasteiger partial charge is 0.223 e. The number of carbonyl (C=O) groups excluding carboxylic acids is 1. The molecule has 5 rings (SSSR count). The molecule has 0 N–H and O–H groups in total. The van der Waals surface area contributed by atoms with E-state index < -0.39 is 0 Å². The lowest BCUT2D eigenvalue weighted by molar-refractivity contribution is -0.135. The maximum Gasteiger partial charge on any atom is 0.223 e. The van der Waals surface area contributed by atoms with Gasteiger partial charge in [0.15, 0.2) is 0 Å². The molecule has 1 aromatic heterocycles. The lowest BCUT2D eigenvalue weighted by Crippen LogP contribution is -2.41. The molecule has 0 aliphatic carbocycles. The zero-order valence-electron chi connectivity index (χ0n) is 18.8. The average Bonchev–Trinajstić information content (AvgIpc) is 3.23. The minimum atomic E-state index is -0.305. The monoisotopic (exact) mass is 460 g/mol. The van der Waals surface area contributed by atoms with Gasteiger partial charge in [-0.1, -0.05) is 42.5 Å². The fraction of sp³-hybridized carbons (Fsp3) is 0.250. The van der Waals surface area contributed by atoms with Gasteiger partial charge in [-0.2, -0.15) is 0 Å². The Hall–Kier alpha value is -3.51. The summed E-state index contributed by atoms with van der Waals surface area (Å²) in [6.45, 7) is 2.84. The number of hydrogen-bond acceptors (Lipinski definition) is 2. The predicted octanol–water partition coefficient (Wildman–Crippen LogP) is 5.35. The van der Waals surface area contributed by atoms with Gasteiger partial charge < -0.3 is 14.2 Å². The van der Waals surface area contributed by atoms with Gasteiger partial charge in [0.25, 0.3) is 0 Å². The van der Waals surface area contributed by atoms with Crippen LogP contribution in [0.1, 0.15) is 29.0 Å². The van der Waals surface area contributed by atoms with Crippen molar-refractivity contribution in [1.29, 1.82) is 0 Å². The van der Waals surface area contributed by atoms with Gasteiger partial charge in [0, 0.05) is 49.1 Å². The van der Waals surface area contributed by atoms with Crippen LogP contribution in [0.25, 0.3) is 10.9 Å². The third-order valence-corrected chi connectivity index (χ3v) is 6.48. The van der Waals surface area contributed by atoms with Gasteiger partial charge >= 0.3 is 0 Å².